The topological polar surface area (TPSA) is 72.2 Å². The number of hydrogen-bond donors (Lipinski definition) is 1. The van der Waals surface area contributed by atoms with Crippen LogP contribution in [0.25, 0.3) is 5.65 Å². The van der Waals surface area contributed by atoms with Crippen molar-refractivity contribution in [3.8, 4) is 0 Å². The molecule has 24 heavy (non-hydrogen) atoms. The summed E-state index contributed by atoms with van der Waals surface area (Å²) in [5, 5.41) is 11.6. The lowest BCUT2D eigenvalue weighted by Gasteiger charge is -2.21. The van der Waals surface area contributed by atoms with Crippen LogP contribution in [0.4, 0.5) is 0 Å². The number of nitrogens with one attached hydrogen (secondary N) is 1. The van der Waals surface area contributed by atoms with Gasteiger partial charge in [0, 0.05) is 6.20 Å². The number of fused-ring (bicyclic) bond motifs is 1. The highest BCUT2D eigenvalue weighted by Crippen LogP contribution is 2.23. The number of carbonyl (C=O) groups excluding carboxylic acids is 1. The third kappa shape index (κ3) is 3.20. The van der Waals surface area contributed by atoms with E-state index in [2.05, 4.69) is 20.5 Å². The minimum Gasteiger partial charge on any atom is -0.342 e. The molecule has 0 aliphatic heterocycles. The van der Waals surface area contributed by atoms with Crippen LogP contribution in [0, 0.1) is 5.92 Å². The van der Waals surface area contributed by atoms with Gasteiger partial charge in [-0.05, 0) is 30.2 Å². The van der Waals surface area contributed by atoms with Crippen molar-refractivity contribution in [2.75, 3.05) is 0 Å². The van der Waals surface area contributed by atoms with Crippen molar-refractivity contribution in [1.82, 2.24) is 24.9 Å². The Hall–Kier alpha value is -2.18. The quantitative estimate of drug-likeness (QED) is 0.719. The molecule has 1 atom stereocenters. The SMILES string of the molecule is CC(C)[C@@H](NC(=O)c1ccc(Cl)nc1Cl)c1nnc2ccccn12. The molecule has 6 nitrogen and oxygen atoms in total. The van der Waals surface area contributed by atoms with E-state index in [-0.39, 0.29) is 33.7 Å². The Morgan fingerprint density at radius 1 is 1.17 bits per heavy atom. The third-order valence-corrected chi connectivity index (χ3v) is 4.13. The average molecular weight is 364 g/mol. The Morgan fingerprint density at radius 3 is 2.67 bits per heavy atom. The maximum absolute atomic E-state index is 12.6. The highest BCUT2D eigenvalue weighted by atomic mass is 35.5. The van der Waals surface area contributed by atoms with Crippen molar-refractivity contribution in [3.63, 3.8) is 0 Å². The molecule has 0 aromatic carbocycles. The van der Waals surface area contributed by atoms with E-state index < -0.39 is 0 Å². The van der Waals surface area contributed by atoms with Crippen LogP contribution < -0.4 is 5.32 Å². The van der Waals surface area contributed by atoms with E-state index in [1.807, 2.05) is 42.6 Å². The molecule has 0 radical (unpaired) electrons. The van der Waals surface area contributed by atoms with E-state index in [4.69, 9.17) is 23.2 Å². The molecule has 0 spiro atoms. The van der Waals surface area contributed by atoms with Crippen LogP contribution in [0.2, 0.25) is 10.3 Å². The van der Waals surface area contributed by atoms with E-state index in [9.17, 15) is 4.79 Å². The van der Waals surface area contributed by atoms with Crippen LogP contribution in [0.15, 0.2) is 36.5 Å². The number of carbonyl (C=O) groups is 1. The molecule has 0 bridgehead atoms. The van der Waals surface area contributed by atoms with Gasteiger partial charge in [0.2, 0.25) is 0 Å². The molecule has 3 rings (SSSR count). The van der Waals surface area contributed by atoms with Crippen molar-refractivity contribution in [2.45, 2.75) is 19.9 Å². The van der Waals surface area contributed by atoms with Crippen molar-refractivity contribution in [1.29, 1.82) is 0 Å². The number of pyridine rings is 2. The molecule has 3 heterocycles. The molecule has 124 valence electrons. The van der Waals surface area contributed by atoms with Gasteiger partial charge in [-0.3, -0.25) is 9.20 Å². The van der Waals surface area contributed by atoms with Gasteiger partial charge >= 0.3 is 0 Å². The van der Waals surface area contributed by atoms with Crippen LogP contribution in [-0.4, -0.2) is 25.5 Å². The number of aromatic nitrogens is 4. The first-order valence-corrected chi connectivity index (χ1v) is 8.15. The zero-order valence-electron chi connectivity index (χ0n) is 13.1. The second-order valence-electron chi connectivity index (χ2n) is 5.65. The number of nitrogens with zero attached hydrogens (tertiary/aromatic N) is 4. The van der Waals surface area contributed by atoms with E-state index in [1.54, 1.807) is 6.07 Å². The molecular weight excluding hydrogens is 349 g/mol. The largest absolute Gasteiger partial charge is 0.342 e. The summed E-state index contributed by atoms with van der Waals surface area (Å²) in [5.41, 5.74) is 0.985. The van der Waals surface area contributed by atoms with Gasteiger partial charge in [-0.2, -0.15) is 0 Å². The van der Waals surface area contributed by atoms with Gasteiger partial charge in [0.15, 0.2) is 11.5 Å². The van der Waals surface area contributed by atoms with Gasteiger partial charge in [-0.1, -0.05) is 43.1 Å². The molecule has 0 aliphatic rings. The smallest absolute Gasteiger partial charge is 0.255 e. The summed E-state index contributed by atoms with van der Waals surface area (Å²) < 4.78 is 1.85. The second kappa shape index (κ2) is 6.75. The number of amides is 1. The van der Waals surface area contributed by atoms with Gasteiger partial charge in [0.05, 0.1) is 11.6 Å². The van der Waals surface area contributed by atoms with Crippen molar-refractivity contribution < 1.29 is 4.79 Å². The van der Waals surface area contributed by atoms with Gasteiger partial charge < -0.3 is 5.32 Å². The van der Waals surface area contributed by atoms with Crippen molar-refractivity contribution >= 4 is 34.8 Å². The summed E-state index contributed by atoms with van der Waals surface area (Å²) in [6.45, 7) is 3.99. The van der Waals surface area contributed by atoms with Crippen LogP contribution >= 0.6 is 23.2 Å². The molecular formula is C16H15Cl2N5O. The first-order chi connectivity index (χ1) is 11.5. The third-order valence-electron chi connectivity index (χ3n) is 3.63. The summed E-state index contributed by atoms with van der Waals surface area (Å²) in [6.07, 6.45) is 1.86. The number of halogens is 2. The normalized spacial score (nSPS) is 12.5. The zero-order chi connectivity index (χ0) is 17.3. The number of hydrogen-bond acceptors (Lipinski definition) is 4. The van der Waals surface area contributed by atoms with Gasteiger partial charge in [0.25, 0.3) is 5.91 Å². The van der Waals surface area contributed by atoms with Gasteiger partial charge in [-0.25, -0.2) is 4.98 Å². The first-order valence-electron chi connectivity index (χ1n) is 7.40. The molecule has 3 aromatic heterocycles. The number of rotatable bonds is 4. The van der Waals surface area contributed by atoms with E-state index in [0.717, 1.165) is 5.65 Å². The van der Waals surface area contributed by atoms with Crippen LogP contribution in [0.1, 0.15) is 36.1 Å². The van der Waals surface area contributed by atoms with Crippen LogP contribution in [-0.2, 0) is 0 Å². The Labute approximate surface area is 148 Å². The average Bonchev–Trinajstić information content (AvgIpc) is 2.96. The lowest BCUT2D eigenvalue weighted by molar-refractivity contribution is 0.0922. The molecule has 0 saturated carbocycles. The standard InChI is InChI=1S/C16H15Cl2N5O/c1-9(2)13(15-22-21-12-5-3-4-8-23(12)15)20-16(24)10-6-7-11(17)19-14(10)18/h3-9,13H,1-2H3,(H,20,24)/t13-/m1/s1. The fraction of sp³-hybridized carbons (Fsp3) is 0.250. The van der Waals surface area contributed by atoms with Crippen LogP contribution in [0.3, 0.4) is 0 Å². The fourth-order valence-corrected chi connectivity index (χ4v) is 2.83. The van der Waals surface area contributed by atoms with E-state index >= 15 is 0 Å². The van der Waals surface area contributed by atoms with Crippen molar-refractivity contribution in [3.05, 3.63) is 58.2 Å². The highest BCUT2D eigenvalue weighted by Gasteiger charge is 2.25. The fourth-order valence-electron chi connectivity index (χ4n) is 2.40. The Morgan fingerprint density at radius 2 is 1.96 bits per heavy atom. The minimum atomic E-state index is -0.337. The molecule has 0 saturated heterocycles. The maximum atomic E-state index is 12.6. The molecule has 0 aliphatic carbocycles. The summed E-state index contributed by atoms with van der Waals surface area (Å²) in [7, 11) is 0. The minimum absolute atomic E-state index is 0.0635. The zero-order valence-corrected chi connectivity index (χ0v) is 14.6. The summed E-state index contributed by atoms with van der Waals surface area (Å²) in [5.74, 6) is 0.420. The van der Waals surface area contributed by atoms with Gasteiger partial charge in [-0.15, -0.1) is 10.2 Å². The summed E-state index contributed by atoms with van der Waals surface area (Å²) in [4.78, 5) is 16.5. The predicted octanol–water partition coefficient (Wildman–Crippen LogP) is 3.56. The highest BCUT2D eigenvalue weighted by molar-refractivity contribution is 6.34. The lowest BCUT2D eigenvalue weighted by atomic mass is 10.0. The Kier molecular flexibility index (Phi) is 4.69. The Balaban J connectivity index is 1.93. The maximum Gasteiger partial charge on any atom is 0.255 e. The second-order valence-corrected chi connectivity index (χ2v) is 6.40. The monoisotopic (exact) mass is 363 g/mol. The first kappa shape index (κ1) is 16.7. The molecule has 1 amide bonds. The van der Waals surface area contributed by atoms with Crippen LogP contribution in [0.5, 0.6) is 0 Å². The lowest BCUT2D eigenvalue weighted by Crippen LogP contribution is -2.33. The van der Waals surface area contributed by atoms with E-state index in [1.165, 1.54) is 6.07 Å². The van der Waals surface area contributed by atoms with Crippen molar-refractivity contribution in [2.24, 2.45) is 5.92 Å². The van der Waals surface area contributed by atoms with E-state index in [0.29, 0.717) is 5.82 Å². The molecule has 0 fully saturated rings. The summed E-state index contributed by atoms with van der Waals surface area (Å²) >= 11 is 11.8. The summed E-state index contributed by atoms with van der Waals surface area (Å²) in [6, 6.07) is 8.37. The van der Waals surface area contributed by atoms with Gasteiger partial charge in [0.1, 0.15) is 10.3 Å². The predicted molar refractivity (Wildman–Crippen MR) is 92.3 cm³/mol. The Bertz CT molecular complexity index is 893. The molecule has 1 N–H and O–H groups in total. The molecule has 0 unspecified atom stereocenters. The molecule has 3 aromatic rings. The molecule has 8 heteroatoms.